The van der Waals surface area contributed by atoms with Crippen molar-refractivity contribution < 1.29 is 54.4 Å². The molecule has 17 heteroatoms. The van der Waals surface area contributed by atoms with Crippen LogP contribution in [0, 0.1) is 0 Å². The molecule has 3 fully saturated rings. The van der Waals surface area contributed by atoms with Crippen molar-refractivity contribution in [2.45, 2.75) is 176 Å². The minimum absolute atomic E-state index is 0.0542. The number of nitrogens with two attached hydrogens (primary N) is 6. The summed E-state index contributed by atoms with van der Waals surface area (Å²) >= 11 is 0. The molecule has 0 aromatic heterocycles. The molecule has 3 rings (SSSR count). The van der Waals surface area contributed by atoms with Crippen LogP contribution in [0.15, 0.2) is 0 Å². The van der Waals surface area contributed by atoms with Gasteiger partial charge in [-0.2, -0.15) is 0 Å². The number of hydrogen-bond donors (Lipinski definition) is 12. The molecule has 17 nitrogen and oxygen atoms in total. The fraction of sp³-hybridized carbons (Fsp3) is 0.968. The lowest BCUT2D eigenvalue weighted by Gasteiger charge is -2.47. The molecular weight excluding hydrogens is 632 g/mol. The van der Waals surface area contributed by atoms with Gasteiger partial charge in [-0.25, -0.2) is 0 Å². The van der Waals surface area contributed by atoms with Crippen LogP contribution in [0.4, 0.5) is 0 Å². The molecule has 2 unspecified atom stereocenters. The van der Waals surface area contributed by atoms with E-state index in [1.807, 2.05) is 0 Å². The Kier molecular flexibility index (Phi) is 19.7. The molecule has 284 valence electrons. The van der Waals surface area contributed by atoms with Gasteiger partial charge in [0, 0.05) is 18.6 Å². The van der Waals surface area contributed by atoms with Gasteiger partial charge in [-0.3, -0.25) is 4.79 Å². The summed E-state index contributed by atoms with van der Waals surface area (Å²) in [5.74, 6) is -0.875. The topological polar surface area (TPSA) is 331 Å². The third-order valence-electron chi connectivity index (χ3n) is 9.35. The van der Waals surface area contributed by atoms with Gasteiger partial charge in [0.2, 0.25) is 0 Å². The fourth-order valence-electron chi connectivity index (χ4n) is 6.23. The number of carboxylic acids is 1. The first-order valence-electron chi connectivity index (χ1n) is 17.4. The van der Waals surface area contributed by atoms with Gasteiger partial charge in [0.25, 0.3) is 0 Å². The van der Waals surface area contributed by atoms with Gasteiger partial charge in [-0.1, -0.05) is 64.7 Å². The Morgan fingerprint density at radius 3 is 1.79 bits per heavy atom. The van der Waals surface area contributed by atoms with E-state index in [9.17, 15) is 30.3 Å². The zero-order valence-corrected chi connectivity index (χ0v) is 28.2. The van der Waals surface area contributed by atoms with Gasteiger partial charge in [-0.05, 0) is 19.3 Å². The van der Waals surface area contributed by atoms with Crippen LogP contribution in [0.25, 0.3) is 0 Å². The van der Waals surface area contributed by atoms with Crippen molar-refractivity contribution in [2.75, 3.05) is 13.2 Å². The van der Waals surface area contributed by atoms with Gasteiger partial charge in [0.15, 0.2) is 12.6 Å². The maximum Gasteiger partial charge on any atom is 0.320 e. The molecule has 0 aromatic carbocycles. The molecule has 18 N–H and O–H groups in total. The number of ether oxygens (including phenoxy) is 4. The highest BCUT2D eigenvalue weighted by molar-refractivity contribution is 5.72. The Hall–Kier alpha value is -1.13. The van der Waals surface area contributed by atoms with E-state index in [1.54, 1.807) is 0 Å². The number of carboxylic acid groups (broad SMARTS) is 1. The van der Waals surface area contributed by atoms with Crippen molar-refractivity contribution in [1.82, 2.24) is 0 Å². The average Bonchev–Trinajstić information content (AvgIpc) is 3.05. The second kappa shape index (κ2) is 21.9. The molecule has 2 heterocycles. The molecular formula is C31H64N6O11. The zero-order chi connectivity index (χ0) is 36.0. The highest BCUT2D eigenvalue weighted by Gasteiger charge is 2.50. The fourth-order valence-corrected chi connectivity index (χ4v) is 6.23. The summed E-state index contributed by atoms with van der Waals surface area (Å²) in [6, 6.07) is -3.93. The smallest absolute Gasteiger partial charge is 0.320 e. The molecule has 2 aliphatic heterocycles. The maximum absolute atomic E-state index is 11.0. The van der Waals surface area contributed by atoms with Crippen LogP contribution in [0.5, 0.6) is 0 Å². The molecule has 48 heavy (non-hydrogen) atoms. The summed E-state index contributed by atoms with van der Waals surface area (Å²) in [5, 5.41) is 59.3. The van der Waals surface area contributed by atoms with Crippen LogP contribution in [0.2, 0.25) is 0 Å². The zero-order valence-electron chi connectivity index (χ0n) is 28.2. The molecule has 0 radical (unpaired) electrons. The molecule has 0 spiro atoms. The lowest BCUT2D eigenvalue weighted by molar-refractivity contribution is -0.314. The summed E-state index contributed by atoms with van der Waals surface area (Å²) in [6.07, 6.45) is 1.11. The Balaban J connectivity index is 0.000000424. The summed E-state index contributed by atoms with van der Waals surface area (Å²) in [4.78, 5) is 10.4. The van der Waals surface area contributed by atoms with Crippen LogP contribution in [0.1, 0.15) is 84.0 Å². The number of hydrogen-bond acceptors (Lipinski definition) is 16. The van der Waals surface area contributed by atoms with E-state index in [2.05, 4.69) is 6.92 Å². The van der Waals surface area contributed by atoms with Crippen LogP contribution in [-0.2, 0) is 23.7 Å². The Morgan fingerprint density at radius 1 is 0.750 bits per heavy atom. The largest absolute Gasteiger partial charge is 0.480 e. The maximum atomic E-state index is 11.0. The predicted molar refractivity (Wildman–Crippen MR) is 176 cm³/mol. The Morgan fingerprint density at radius 2 is 1.27 bits per heavy atom. The molecule has 0 aromatic rings. The number of unbranched alkanes of at least 4 members (excludes halogenated alkanes) is 8. The first kappa shape index (κ1) is 43.0. The molecule has 15 atom stereocenters. The van der Waals surface area contributed by atoms with Crippen LogP contribution < -0.4 is 34.4 Å². The third-order valence-corrected chi connectivity index (χ3v) is 9.35. The van der Waals surface area contributed by atoms with E-state index < -0.39 is 104 Å². The van der Waals surface area contributed by atoms with E-state index in [0.717, 1.165) is 12.8 Å². The van der Waals surface area contributed by atoms with Crippen molar-refractivity contribution in [2.24, 2.45) is 34.4 Å². The lowest BCUT2D eigenvalue weighted by Crippen LogP contribution is -2.68. The standard InChI is InChI=1S/C18H37N5O9.C13H27NO2/c19-3-9-8(25)2-7(22)17(29-9)31-15-5(20)1-6(21)16(14(15)28)32-18-13(27)11(23)12(26)10(4-24)30-18;1-2-3-4-5-6-7-8-9-10-11-12(14)13(15)16/h5-18,24-28H,1-4,19-23H2;12H,2-11,14H2,1H3,(H,15,16)/t5-,6+,7+,8-,9+,10+,11-,12+,13+,14-,15+,16?,17+,18+;/m0./s1. The van der Waals surface area contributed by atoms with Crippen LogP contribution >= 0.6 is 0 Å². The van der Waals surface area contributed by atoms with Crippen molar-refractivity contribution in [3.8, 4) is 0 Å². The lowest BCUT2D eigenvalue weighted by atomic mass is 9.84. The second-order valence-corrected chi connectivity index (χ2v) is 13.3. The molecule has 2 saturated heterocycles. The van der Waals surface area contributed by atoms with Crippen LogP contribution in [0.3, 0.4) is 0 Å². The summed E-state index contributed by atoms with van der Waals surface area (Å²) in [7, 11) is 0. The van der Waals surface area contributed by atoms with Crippen molar-refractivity contribution in [3.63, 3.8) is 0 Å². The van der Waals surface area contributed by atoms with Gasteiger partial charge < -0.3 is 84.0 Å². The minimum atomic E-state index is -1.44. The van der Waals surface area contributed by atoms with E-state index in [0.29, 0.717) is 6.42 Å². The monoisotopic (exact) mass is 696 g/mol. The molecule has 1 aliphatic carbocycles. The number of carbonyl (C=O) groups is 1. The molecule has 0 amide bonds. The first-order chi connectivity index (χ1) is 22.8. The van der Waals surface area contributed by atoms with E-state index in [1.165, 1.54) is 44.9 Å². The van der Waals surface area contributed by atoms with E-state index in [-0.39, 0.29) is 19.4 Å². The van der Waals surface area contributed by atoms with Crippen LogP contribution in [-0.4, -0.2) is 141 Å². The van der Waals surface area contributed by atoms with E-state index in [4.69, 9.17) is 58.5 Å². The molecule has 1 saturated carbocycles. The highest BCUT2D eigenvalue weighted by Crippen LogP contribution is 2.30. The van der Waals surface area contributed by atoms with Crippen molar-refractivity contribution in [3.05, 3.63) is 0 Å². The van der Waals surface area contributed by atoms with Crippen molar-refractivity contribution in [1.29, 1.82) is 0 Å². The summed E-state index contributed by atoms with van der Waals surface area (Å²) in [6.45, 7) is 1.73. The predicted octanol–water partition coefficient (Wildman–Crippen LogP) is -2.98. The minimum Gasteiger partial charge on any atom is -0.480 e. The number of rotatable bonds is 17. The van der Waals surface area contributed by atoms with Gasteiger partial charge in [0.05, 0.1) is 30.9 Å². The normalized spacial score (nSPS) is 39.3. The highest BCUT2D eigenvalue weighted by atomic mass is 16.7. The number of aliphatic hydroxyl groups is 5. The molecule has 0 bridgehead atoms. The SMILES string of the molecule is CCCCCCCCCCCC(N)C(=O)O.NC[C@H]1O[C@H](O[C@H]2[C@H](O)C(O[C@H]3O[C@H](CO)[C@@H](O)[C@H](N)[C@H]3O)[C@H](N)C[C@@H]2N)[C@H](N)C[C@@H]1O. The van der Waals surface area contributed by atoms with E-state index >= 15 is 0 Å². The third kappa shape index (κ3) is 12.9. The average molecular weight is 697 g/mol. The second-order valence-electron chi connectivity index (χ2n) is 13.3. The first-order valence-corrected chi connectivity index (χ1v) is 17.4. The molecule has 3 aliphatic rings. The van der Waals surface area contributed by atoms with Crippen molar-refractivity contribution >= 4 is 5.97 Å². The quantitative estimate of drug-likeness (QED) is 0.0675. The Bertz CT molecular complexity index is 898. The Labute approximate surface area is 283 Å². The summed E-state index contributed by atoms with van der Waals surface area (Å²) in [5.41, 5.74) is 35.2. The van der Waals surface area contributed by atoms with Gasteiger partial charge in [-0.15, -0.1) is 0 Å². The number of aliphatic carboxylic acids is 1. The number of aliphatic hydroxyl groups excluding tert-OH is 5. The van der Waals surface area contributed by atoms with Gasteiger partial charge in [0.1, 0.15) is 42.7 Å². The van der Waals surface area contributed by atoms with Gasteiger partial charge >= 0.3 is 5.97 Å². The summed E-state index contributed by atoms with van der Waals surface area (Å²) < 4.78 is 22.7.